The first-order chi connectivity index (χ1) is 17.3. The molecule has 4 aromatic rings. The number of halogens is 1. The molecule has 1 aliphatic rings. The van der Waals surface area contributed by atoms with Gasteiger partial charge < -0.3 is 20.4 Å². The molecule has 12 heteroatoms. The number of anilines is 2. The maximum atomic E-state index is 12.9. The number of benzene rings is 1. The number of fused-ring (bicyclic) bond motifs is 1. The minimum absolute atomic E-state index is 0. The zero-order chi connectivity index (χ0) is 25.3. The van der Waals surface area contributed by atoms with Gasteiger partial charge in [-0.05, 0) is 30.2 Å². The molecule has 3 N–H and O–H groups in total. The van der Waals surface area contributed by atoms with Crippen LogP contribution in [0.2, 0.25) is 0 Å². The zero-order valence-electron chi connectivity index (χ0n) is 21.1. The van der Waals surface area contributed by atoms with Gasteiger partial charge >= 0.3 is 5.91 Å². The van der Waals surface area contributed by atoms with Crippen LogP contribution in [0.4, 0.5) is 11.6 Å². The lowest BCUT2D eigenvalue weighted by molar-refractivity contribution is 0.0900. The fourth-order valence-corrected chi connectivity index (χ4v) is 4.07. The maximum absolute atomic E-state index is 12.9. The summed E-state index contributed by atoms with van der Waals surface area (Å²) in [4.78, 5) is 30.5. The molecule has 1 amide bonds. The van der Waals surface area contributed by atoms with Crippen molar-refractivity contribution in [3.8, 4) is 11.4 Å². The van der Waals surface area contributed by atoms with Crippen LogP contribution in [0, 0.1) is 0 Å². The largest absolute Gasteiger partial charge is 0.441 e. The van der Waals surface area contributed by atoms with Crippen molar-refractivity contribution in [1.82, 2.24) is 40.3 Å². The van der Waals surface area contributed by atoms with E-state index in [1.165, 1.54) is 6.33 Å². The third-order valence-electron chi connectivity index (χ3n) is 6.01. The number of carbonyl (C=O) groups is 1. The molecule has 5 rings (SSSR count). The summed E-state index contributed by atoms with van der Waals surface area (Å²) < 4.78 is 7.17. The lowest BCUT2D eigenvalue weighted by Gasteiger charge is -2.19. The summed E-state index contributed by atoms with van der Waals surface area (Å²) in [5.74, 6) is 0.746. The second kappa shape index (κ2) is 10.7. The number of hydrogen-bond donors (Lipinski definition) is 3. The molecule has 1 atom stereocenters. The van der Waals surface area contributed by atoms with Crippen LogP contribution >= 0.6 is 12.4 Å². The second-order valence-electron chi connectivity index (χ2n) is 9.85. The SMILES string of the molecule is Cl.Cn1cc(Nc2ncnc(-c3ccc4c(c3)CNCCC4NC(=O)c3nc(C(C)(C)C)co3)n2)cn1. The summed E-state index contributed by atoms with van der Waals surface area (Å²) in [6.07, 6.45) is 7.32. The zero-order valence-corrected chi connectivity index (χ0v) is 22.0. The number of aryl methyl sites for hydroxylation is 1. The molecule has 37 heavy (non-hydrogen) atoms. The Morgan fingerprint density at radius 1 is 1.22 bits per heavy atom. The second-order valence-corrected chi connectivity index (χ2v) is 9.85. The Hall–Kier alpha value is -3.83. The highest BCUT2D eigenvalue weighted by Gasteiger charge is 2.26. The van der Waals surface area contributed by atoms with Gasteiger partial charge in [0, 0.05) is 30.8 Å². The Morgan fingerprint density at radius 2 is 2.05 bits per heavy atom. The minimum atomic E-state index is -0.323. The quantitative estimate of drug-likeness (QED) is 0.357. The molecule has 4 heterocycles. The number of hydrogen-bond acceptors (Lipinski definition) is 9. The van der Waals surface area contributed by atoms with Gasteiger partial charge in [0.05, 0.1) is 23.6 Å². The molecule has 1 aromatic carbocycles. The topological polar surface area (TPSA) is 136 Å². The summed E-state index contributed by atoms with van der Waals surface area (Å²) >= 11 is 0. The highest BCUT2D eigenvalue weighted by molar-refractivity contribution is 5.90. The van der Waals surface area contributed by atoms with Crippen LogP contribution in [0.3, 0.4) is 0 Å². The Labute approximate surface area is 220 Å². The maximum Gasteiger partial charge on any atom is 0.307 e. The third kappa shape index (κ3) is 5.95. The van der Waals surface area contributed by atoms with Crippen molar-refractivity contribution >= 4 is 29.9 Å². The molecule has 1 aliphatic heterocycles. The van der Waals surface area contributed by atoms with E-state index in [4.69, 9.17) is 4.42 Å². The number of oxazole rings is 1. The molecule has 0 fully saturated rings. The normalized spacial score (nSPS) is 15.3. The van der Waals surface area contributed by atoms with E-state index in [1.807, 2.05) is 46.1 Å². The van der Waals surface area contributed by atoms with Crippen molar-refractivity contribution in [2.24, 2.45) is 7.05 Å². The first-order valence-electron chi connectivity index (χ1n) is 11.8. The van der Waals surface area contributed by atoms with E-state index >= 15 is 0 Å². The highest BCUT2D eigenvalue weighted by Crippen LogP contribution is 2.29. The van der Waals surface area contributed by atoms with Crippen LogP contribution in [-0.2, 0) is 19.0 Å². The van der Waals surface area contributed by atoms with Gasteiger partial charge in [-0.25, -0.2) is 15.0 Å². The van der Waals surface area contributed by atoms with E-state index in [-0.39, 0.29) is 35.7 Å². The third-order valence-corrected chi connectivity index (χ3v) is 6.01. The molecule has 0 saturated heterocycles. The van der Waals surface area contributed by atoms with E-state index < -0.39 is 0 Å². The van der Waals surface area contributed by atoms with E-state index in [0.717, 1.165) is 41.0 Å². The van der Waals surface area contributed by atoms with Crippen LogP contribution in [0.25, 0.3) is 11.4 Å². The van der Waals surface area contributed by atoms with Crippen LogP contribution in [0.1, 0.15) is 60.7 Å². The predicted octanol–water partition coefficient (Wildman–Crippen LogP) is 3.69. The van der Waals surface area contributed by atoms with Crippen molar-refractivity contribution in [2.75, 3.05) is 11.9 Å². The van der Waals surface area contributed by atoms with Crippen LogP contribution in [-0.4, -0.2) is 42.2 Å². The van der Waals surface area contributed by atoms with Crippen molar-refractivity contribution < 1.29 is 9.21 Å². The van der Waals surface area contributed by atoms with Gasteiger partial charge in [-0.1, -0.05) is 32.9 Å². The molecule has 0 bridgehead atoms. The van der Waals surface area contributed by atoms with Crippen LogP contribution < -0.4 is 16.0 Å². The number of amides is 1. The van der Waals surface area contributed by atoms with Crippen molar-refractivity contribution in [2.45, 2.75) is 45.2 Å². The fourth-order valence-electron chi connectivity index (χ4n) is 4.07. The Bertz CT molecular complexity index is 1390. The standard InChI is InChI=1S/C25H29N9O2.ClH/c1-25(2,3)20-13-36-23(32-20)22(35)31-19-7-8-26-10-16-9-15(5-6-18(16)19)21-27-14-28-24(33-21)30-17-11-29-34(4)12-17;/h5-6,9,11-14,19,26H,7-8,10H2,1-4H3,(H,31,35)(H,27,28,30,33);1H. The van der Waals surface area contributed by atoms with Gasteiger partial charge in [0.1, 0.15) is 12.6 Å². The fraction of sp³-hybridized carbons (Fsp3) is 0.360. The van der Waals surface area contributed by atoms with Gasteiger partial charge in [0.2, 0.25) is 5.95 Å². The van der Waals surface area contributed by atoms with Crippen molar-refractivity contribution in [3.63, 3.8) is 0 Å². The van der Waals surface area contributed by atoms with Gasteiger partial charge in [-0.15, -0.1) is 12.4 Å². The first-order valence-corrected chi connectivity index (χ1v) is 11.8. The number of aromatic nitrogens is 6. The summed E-state index contributed by atoms with van der Waals surface area (Å²) in [5.41, 5.74) is 4.32. The Kier molecular flexibility index (Phi) is 7.55. The van der Waals surface area contributed by atoms with Gasteiger partial charge in [0.15, 0.2) is 5.82 Å². The molecule has 11 nitrogen and oxygen atoms in total. The predicted molar refractivity (Wildman–Crippen MR) is 141 cm³/mol. The molecule has 194 valence electrons. The molecule has 0 spiro atoms. The molecule has 3 aromatic heterocycles. The molecule has 0 radical (unpaired) electrons. The Balaban J connectivity index is 0.00000320. The molecular weight excluding hydrogens is 494 g/mol. The van der Waals surface area contributed by atoms with Gasteiger partial charge in [-0.2, -0.15) is 10.1 Å². The molecule has 0 saturated carbocycles. The van der Waals surface area contributed by atoms with Crippen molar-refractivity contribution in [3.05, 3.63) is 65.9 Å². The number of rotatable bonds is 5. The molecule has 1 unspecified atom stereocenters. The van der Waals surface area contributed by atoms with E-state index in [0.29, 0.717) is 18.3 Å². The van der Waals surface area contributed by atoms with Crippen molar-refractivity contribution in [1.29, 1.82) is 0 Å². The number of carbonyl (C=O) groups excluding carboxylic acids is 1. The first kappa shape index (κ1) is 26.2. The van der Waals surface area contributed by atoms with E-state index in [9.17, 15) is 4.79 Å². The summed E-state index contributed by atoms with van der Waals surface area (Å²) in [5, 5.41) is 13.8. The average molecular weight is 524 g/mol. The average Bonchev–Trinajstić information content (AvgIpc) is 3.46. The highest BCUT2D eigenvalue weighted by atomic mass is 35.5. The number of nitrogens with one attached hydrogen (secondary N) is 3. The van der Waals surface area contributed by atoms with Crippen LogP contribution in [0.15, 0.2) is 47.6 Å². The van der Waals surface area contributed by atoms with Crippen LogP contribution in [0.5, 0.6) is 0 Å². The smallest absolute Gasteiger partial charge is 0.307 e. The summed E-state index contributed by atoms with van der Waals surface area (Å²) in [6, 6.07) is 5.87. The van der Waals surface area contributed by atoms with Gasteiger partial charge in [0.25, 0.3) is 5.89 Å². The van der Waals surface area contributed by atoms with E-state index in [2.05, 4.69) is 47.1 Å². The summed E-state index contributed by atoms with van der Waals surface area (Å²) in [7, 11) is 1.84. The molecule has 0 aliphatic carbocycles. The minimum Gasteiger partial charge on any atom is -0.441 e. The van der Waals surface area contributed by atoms with E-state index in [1.54, 1.807) is 17.1 Å². The molecular formula is C25H30ClN9O2. The number of nitrogens with zero attached hydrogens (tertiary/aromatic N) is 6. The lowest BCUT2D eigenvalue weighted by atomic mass is 9.93. The van der Waals surface area contributed by atoms with Gasteiger partial charge in [-0.3, -0.25) is 9.48 Å². The monoisotopic (exact) mass is 523 g/mol. The lowest BCUT2D eigenvalue weighted by Crippen LogP contribution is -2.30. The Morgan fingerprint density at radius 3 is 2.78 bits per heavy atom. The summed E-state index contributed by atoms with van der Waals surface area (Å²) in [6.45, 7) is 7.53.